The number of carbonyl (C=O) groups excluding carboxylic acids is 3. The molecule has 0 unspecified atom stereocenters. The van der Waals surface area contributed by atoms with Crippen LogP contribution in [0.5, 0.6) is 0 Å². The van der Waals surface area contributed by atoms with Crippen LogP contribution in [0.1, 0.15) is 6.92 Å². The third-order valence-corrected chi connectivity index (χ3v) is 2.65. The molecule has 116 valence electrons. The number of hydrogen-bond acceptors (Lipinski definition) is 6. The van der Waals surface area contributed by atoms with Crippen LogP contribution in [-0.2, 0) is 14.4 Å². The predicted molar refractivity (Wildman–Crippen MR) is 74.3 cm³/mol. The molecule has 0 saturated carbocycles. The molecule has 0 spiro atoms. The van der Waals surface area contributed by atoms with Crippen molar-refractivity contribution in [1.29, 1.82) is 0 Å². The Kier molecular flexibility index (Phi) is 8.45. The molecule has 9 heteroatoms. The van der Waals surface area contributed by atoms with Crippen molar-refractivity contribution in [2.45, 2.75) is 6.92 Å². The van der Waals surface area contributed by atoms with E-state index in [1.807, 2.05) is 0 Å². The molecule has 0 atom stereocenters. The molecule has 0 heterocycles. The maximum atomic E-state index is 12.1. The van der Waals surface area contributed by atoms with Gasteiger partial charge in [-0.25, -0.2) is 0 Å². The molecule has 0 bridgehead atoms. The summed E-state index contributed by atoms with van der Waals surface area (Å²) in [5, 5.41) is 7.32. The molecule has 0 aromatic heterocycles. The molecular weight excluding hydrogens is 264 g/mol. The smallest absolute Gasteiger partial charge is 0.245 e. The second-order valence-corrected chi connectivity index (χ2v) is 4.26. The number of rotatable bonds is 9. The fourth-order valence-electron chi connectivity index (χ4n) is 1.40. The Balaban J connectivity index is 5.05. The van der Waals surface area contributed by atoms with Gasteiger partial charge in [-0.3, -0.25) is 14.4 Å². The summed E-state index contributed by atoms with van der Waals surface area (Å²) in [7, 11) is 0. The van der Waals surface area contributed by atoms with E-state index in [4.69, 9.17) is 17.2 Å². The largest absolute Gasteiger partial charge is 0.353 e. The number of carbonyl (C=O) groups is 3. The average molecular weight is 288 g/mol. The maximum Gasteiger partial charge on any atom is 0.245 e. The zero-order chi connectivity index (χ0) is 15.6. The Morgan fingerprint density at radius 2 is 1.00 bits per heavy atom. The molecule has 0 radical (unpaired) electrons. The first-order valence-electron chi connectivity index (χ1n) is 6.40. The van der Waals surface area contributed by atoms with E-state index in [1.165, 1.54) is 6.92 Å². The molecule has 9 nitrogen and oxygen atoms in total. The summed E-state index contributed by atoms with van der Waals surface area (Å²) in [6.45, 7) is 2.37. The van der Waals surface area contributed by atoms with Gasteiger partial charge in [0, 0.05) is 39.3 Å². The van der Waals surface area contributed by atoms with Crippen LogP contribution in [0, 0.1) is 5.41 Å². The number of nitrogens with two attached hydrogens (primary N) is 3. The number of hydrogen-bond donors (Lipinski definition) is 6. The van der Waals surface area contributed by atoms with Crippen LogP contribution >= 0.6 is 0 Å². The lowest BCUT2D eigenvalue weighted by molar-refractivity contribution is -0.150. The van der Waals surface area contributed by atoms with E-state index in [0.29, 0.717) is 0 Å². The van der Waals surface area contributed by atoms with Crippen molar-refractivity contribution in [3.8, 4) is 0 Å². The highest BCUT2D eigenvalue weighted by atomic mass is 16.2. The highest BCUT2D eigenvalue weighted by Crippen LogP contribution is 2.17. The van der Waals surface area contributed by atoms with Gasteiger partial charge in [-0.05, 0) is 6.92 Å². The lowest BCUT2D eigenvalue weighted by atomic mass is 9.86. The van der Waals surface area contributed by atoms with E-state index >= 15 is 0 Å². The Morgan fingerprint density at radius 3 is 1.20 bits per heavy atom. The molecule has 0 aromatic carbocycles. The van der Waals surface area contributed by atoms with Gasteiger partial charge in [0.25, 0.3) is 0 Å². The minimum atomic E-state index is -1.89. The summed E-state index contributed by atoms with van der Waals surface area (Å²) >= 11 is 0. The van der Waals surface area contributed by atoms with E-state index in [1.54, 1.807) is 0 Å². The van der Waals surface area contributed by atoms with Crippen LogP contribution in [-0.4, -0.2) is 57.0 Å². The van der Waals surface area contributed by atoms with Crippen molar-refractivity contribution in [2.75, 3.05) is 39.3 Å². The fraction of sp³-hybridized carbons (Fsp3) is 0.727. The van der Waals surface area contributed by atoms with Gasteiger partial charge in [-0.2, -0.15) is 0 Å². The van der Waals surface area contributed by atoms with Crippen LogP contribution < -0.4 is 33.2 Å². The Morgan fingerprint density at radius 1 is 0.750 bits per heavy atom. The van der Waals surface area contributed by atoms with Gasteiger partial charge in [0.2, 0.25) is 23.1 Å². The first kappa shape index (κ1) is 18.3. The Hall–Kier alpha value is -1.71. The first-order chi connectivity index (χ1) is 9.44. The van der Waals surface area contributed by atoms with Crippen LogP contribution in [0.15, 0.2) is 0 Å². The van der Waals surface area contributed by atoms with E-state index in [2.05, 4.69) is 16.0 Å². The van der Waals surface area contributed by atoms with E-state index in [0.717, 1.165) is 0 Å². The summed E-state index contributed by atoms with van der Waals surface area (Å²) in [6, 6.07) is 0. The summed E-state index contributed by atoms with van der Waals surface area (Å²) in [4.78, 5) is 36.2. The van der Waals surface area contributed by atoms with E-state index in [-0.39, 0.29) is 39.3 Å². The summed E-state index contributed by atoms with van der Waals surface area (Å²) in [6.07, 6.45) is 0. The second-order valence-electron chi connectivity index (χ2n) is 4.26. The predicted octanol–water partition coefficient (Wildman–Crippen LogP) is -3.78. The average Bonchev–Trinajstić information content (AvgIpc) is 2.46. The number of amides is 3. The Bertz CT molecular complexity index is 297. The van der Waals surface area contributed by atoms with Gasteiger partial charge in [0.05, 0.1) is 0 Å². The maximum absolute atomic E-state index is 12.1. The van der Waals surface area contributed by atoms with Crippen molar-refractivity contribution >= 4 is 17.7 Å². The zero-order valence-electron chi connectivity index (χ0n) is 11.7. The molecule has 0 rings (SSSR count). The highest BCUT2D eigenvalue weighted by Gasteiger charge is 2.47. The molecule has 0 aliphatic rings. The zero-order valence-corrected chi connectivity index (χ0v) is 11.7. The van der Waals surface area contributed by atoms with Crippen LogP contribution in [0.3, 0.4) is 0 Å². The van der Waals surface area contributed by atoms with E-state index < -0.39 is 23.1 Å². The van der Waals surface area contributed by atoms with Gasteiger partial charge >= 0.3 is 0 Å². The van der Waals surface area contributed by atoms with Gasteiger partial charge in [0.1, 0.15) is 0 Å². The fourth-order valence-corrected chi connectivity index (χ4v) is 1.40. The highest BCUT2D eigenvalue weighted by molar-refractivity contribution is 6.22. The van der Waals surface area contributed by atoms with Crippen LogP contribution in [0.2, 0.25) is 0 Å². The summed E-state index contributed by atoms with van der Waals surface area (Å²) in [5.74, 6) is -2.15. The minimum absolute atomic E-state index is 0.169. The lowest BCUT2D eigenvalue weighted by Gasteiger charge is -2.26. The van der Waals surface area contributed by atoms with Crippen molar-refractivity contribution in [3.63, 3.8) is 0 Å². The summed E-state index contributed by atoms with van der Waals surface area (Å²) < 4.78 is 0. The molecule has 0 aromatic rings. The number of nitrogens with one attached hydrogen (secondary N) is 3. The molecule has 0 saturated heterocycles. The SMILES string of the molecule is CC(C(=O)NCCN)(C(=O)NCCN)C(=O)NCCN. The van der Waals surface area contributed by atoms with Crippen LogP contribution in [0.25, 0.3) is 0 Å². The second kappa shape index (κ2) is 9.23. The lowest BCUT2D eigenvalue weighted by Crippen LogP contribution is -2.59. The minimum Gasteiger partial charge on any atom is -0.353 e. The van der Waals surface area contributed by atoms with Crippen molar-refractivity contribution in [1.82, 2.24) is 16.0 Å². The van der Waals surface area contributed by atoms with Crippen LogP contribution in [0.4, 0.5) is 0 Å². The molecule has 9 N–H and O–H groups in total. The molecule has 0 fully saturated rings. The quantitative estimate of drug-likeness (QED) is 0.238. The molecule has 0 aliphatic heterocycles. The molecular formula is C11H24N6O3. The molecule has 3 amide bonds. The normalized spacial score (nSPS) is 10.8. The first-order valence-corrected chi connectivity index (χ1v) is 6.40. The summed E-state index contributed by atoms with van der Waals surface area (Å²) in [5.41, 5.74) is 14.0. The third-order valence-electron chi connectivity index (χ3n) is 2.65. The Labute approximate surface area is 118 Å². The van der Waals surface area contributed by atoms with Crippen molar-refractivity contribution < 1.29 is 14.4 Å². The van der Waals surface area contributed by atoms with Gasteiger partial charge in [-0.1, -0.05) is 0 Å². The van der Waals surface area contributed by atoms with Gasteiger partial charge in [0.15, 0.2) is 0 Å². The third kappa shape index (κ3) is 4.76. The molecule has 20 heavy (non-hydrogen) atoms. The van der Waals surface area contributed by atoms with Crippen molar-refractivity contribution in [2.24, 2.45) is 22.6 Å². The monoisotopic (exact) mass is 288 g/mol. The van der Waals surface area contributed by atoms with Crippen molar-refractivity contribution in [3.05, 3.63) is 0 Å². The topological polar surface area (TPSA) is 165 Å². The van der Waals surface area contributed by atoms with Gasteiger partial charge < -0.3 is 33.2 Å². The standard InChI is InChI=1S/C11H24N6O3/c1-11(8(18)15-5-2-12,9(19)16-6-3-13)10(20)17-7-4-14/h2-7,12-14H2,1H3,(H,15,18)(H,16,19)(H,17,20). The molecule has 0 aliphatic carbocycles. The van der Waals surface area contributed by atoms with E-state index in [9.17, 15) is 14.4 Å². The van der Waals surface area contributed by atoms with Gasteiger partial charge in [-0.15, -0.1) is 0 Å².